The van der Waals surface area contributed by atoms with Crippen LogP contribution in [-0.2, 0) is 0 Å². The van der Waals surface area contributed by atoms with Gasteiger partial charge in [0.25, 0.3) is 0 Å². The summed E-state index contributed by atoms with van der Waals surface area (Å²) < 4.78 is 0. The van der Waals surface area contributed by atoms with E-state index in [2.05, 4.69) is 58.0 Å². The minimum atomic E-state index is -0.0945. The molecule has 0 bridgehead atoms. The van der Waals surface area contributed by atoms with Crippen LogP contribution in [0.1, 0.15) is 242 Å². The van der Waals surface area contributed by atoms with Gasteiger partial charge in [0.05, 0.1) is 0 Å². The van der Waals surface area contributed by atoms with E-state index >= 15 is 0 Å². The molecular formula is C66H80O6. The maximum atomic E-state index is 11.0. The van der Waals surface area contributed by atoms with Crippen LogP contribution in [0, 0.1) is 27.7 Å². The van der Waals surface area contributed by atoms with Gasteiger partial charge in [-0.3, -0.25) is 0 Å². The quantitative estimate of drug-likeness (QED) is 0.0761. The van der Waals surface area contributed by atoms with Crippen molar-refractivity contribution in [3.63, 3.8) is 0 Å². The van der Waals surface area contributed by atoms with Crippen molar-refractivity contribution in [3.8, 4) is 34.5 Å². The monoisotopic (exact) mass is 969 g/mol. The van der Waals surface area contributed by atoms with Crippen LogP contribution in [0.2, 0.25) is 0 Å². The van der Waals surface area contributed by atoms with Crippen molar-refractivity contribution >= 4 is 0 Å². The molecule has 0 saturated heterocycles. The molecule has 6 heteroatoms. The molecule has 0 atom stereocenters. The third-order valence-corrected chi connectivity index (χ3v) is 17.5. The Balaban J connectivity index is 0.000000178. The molecule has 0 heterocycles. The Morgan fingerprint density at radius 2 is 0.597 bits per heavy atom. The van der Waals surface area contributed by atoms with Gasteiger partial charge >= 0.3 is 0 Å². The number of phenolic OH excluding ortho intramolecular Hbond substituents is 6. The lowest BCUT2D eigenvalue weighted by Gasteiger charge is -2.29. The topological polar surface area (TPSA) is 121 Å². The van der Waals surface area contributed by atoms with Gasteiger partial charge in [-0.1, -0.05) is 126 Å². The first-order chi connectivity index (χ1) is 34.8. The van der Waals surface area contributed by atoms with Crippen LogP contribution in [0.4, 0.5) is 0 Å². The zero-order valence-electron chi connectivity index (χ0n) is 43.5. The second kappa shape index (κ2) is 22.9. The minimum Gasteiger partial charge on any atom is -0.508 e. The van der Waals surface area contributed by atoms with E-state index in [-0.39, 0.29) is 23.3 Å². The molecule has 0 unspecified atom stereocenters. The van der Waals surface area contributed by atoms with Crippen molar-refractivity contribution < 1.29 is 30.6 Å². The number of aromatic hydroxyl groups is 6. The predicted octanol–water partition coefficient (Wildman–Crippen LogP) is 17.4. The first kappa shape index (κ1) is 51.0. The minimum absolute atomic E-state index is 0.0449. The lowest BCUT2D eigenvalue weighted by molar-refractivity contribution is 0.413. The molecule has 6 nitrogen and oxygen atoms in total. The molecular weight excluding hydrogens is 889 g/mol. The molecule has 6 aromatic carbocycles. The van der Waals surface area contributed by atoms with E-state index < -0.39 is 0 Å². The summed E-state index contributed by atoms with van der Waals surface area (Å²) >= 11 is 0. The molecule has 4 fully saturated rings. The van der Waals surface area contributed by atoms with Gasteiger partial charge < -0.3 is 30.6 Å². The molecule has 0 spiro atoms. The summed E-state index contributed by atoms with van der Waals surface area (Å²) in [5.74, 6) is 3.60. The van der Waals surface area contributed by atoms with Gasteiger partial charge in [-0.25, -0.2) is 0 Å². The molecule has 6 aromatic rings. The van der Waals surface area contributed by atoms with Gasteiger partial charge in [-0.2, -0.15) is 0 Å². The van der Waals surface area contributed by atoms with Crippen molar-refractivity contribution in [1.82, 2.24) is 0 Å². The third kappa shape index (κ3) is 11.3. The highest BCUT2D eigenvalue weighted by Gasteiger charge is 2.30. The van der Waals surface area contributed by atoms with Gasteiger partial charge in [0, 0.05) is 11.8 Å². The highest BCUT2D eigenvalue weighted by molar-refractivity contribution is 5.58. The fraction of sp³-hybridized carbons (Fsp3) is 0.455. The van der Waals surface area contributed by atoms with Crippen molar-refractivity contribution in [2.75, 3.05) is 0 Å². The van der Waals surface area contributed by atoms with Crippen LogP contribution < -0.4 is 0 Å². The summed E-state index contributed by atoms with van der Waals surface area (Å²) in [7, 11) is 0. The number of phenols is 6. The molecule has 10 rings (SSSR count). The van der Waals surface area contributed by atoms with Gasteiger partial charge in [-0.05, 0) is 229 Å². The molecule has 4 aliphatic carbocycles. The Kier molecular flexibility index (Phi) is 16.2. The highest BCUT2D eigenvalue weighted by atomic mass is 16.3. The lowest BCUT2D eigenvalue weighted by atomic mass is 9.76. The molecule has 0 aliphatic heterocycles. The van der Waals surface area contributed by atoms with Crippen LogP contribution in [0.3, 0.4) is 0 Å². The lowest BCUT2D eigenvalue weighted by Crippen LogP contribution is -2.12. The smallest absolute Gasteiger partial charge is 0.119 e. The van der Waals surface area contributed by atoms with Crippen molar-refractivity contribution in [2.24, 2.45) is 0 Å². The first-order valence-corrected chi connectivity index (χ1v) is 27.8. The SMILES string of the molecule is Cc1cc(O)c(C2CCCCC2)cc1C(c1ccc(O)cc1)c1cc(C2CCCCC2)c(O)cc1C.Cc1cc(O)c(C2CCCCC2)cc1C(c1cccc(O)c1)c1cc(C2CCCCC2)c(O)cc1C. The Morgan fingerprint density at radius 1 is 0.306 bits per heavy atom. The maximum absolute atomic E-state index is 11.0. The molecule has 4 aliphatic rings. The molecule has 72 heavy (non-hydrogen) atoms. The van der Waals surface area contributed by atoms with Crippen LogP contribution in [0.5, 0.6) is 34.5 Å². The average Bonchev–Trinajstić information content (AvgIpc) is 3.38. The van der Waals surface area contributed by atoms with Crippen LogP contribution in [0.15, 0.2) is 97.1 Å². The standard InChI is InChI=1S/2C33H40O3/c1-21-16-31(35)29(23-10-5-3-6-11-23)19-27(21)33(25-14-9-15-26(34)18-25)28-20-30(32(36)17-22(28)2)24-12-7-4-8-13-24;1-21-17-31(35)29(23-9-5-3-6-10-23)19-27(21)33(25-13-15-26(34)16-14-25)28-20-30(32(36)18-22(28)2)24-11-7-4-8-12-24/h9,14-20,23-24,33-36H,3-8,10-13H2,1-2H3;13-20,23-24,33-36H,3-12H2,1-2H3. The van der Waals surface area contributed by atoms with E-state index in [0.717, 1.165) is 107 Å². The Bertz CT molecular complexity index is 2650. The number of rotatable bonds is 10. The molecule has 6 N–H and O–H groups in total. The van der Waals surface area contributed by atoms with Crippen molar-refractivity contribution in [1.29, 1.82) is 0 Å². The summed E-state index contributed by atoms with van der Waals surface area (Å²) in [5, 5.41) is 64.3. The average molecular weight is 969 g/mol. The largest absolute Gasteiger partial charge is 0.508 e. The zero-order chi connectivity index (χ0) is 50.5. The third-order valence-electron chi connectivity index (χ3n) is 17.5. The van der Waals surface area contributed by atoms with E-state index in [9.17, 15) is 30.6 Å². The van der Waals surface area contributed by atoms with Crippen LogP contribution >= 0.6 is 0 Å². The maximum Gasteiger partial charge on any atom is 0.119 e. The van der Waals surface area contributed by atoms with E-state index in [4.69, 9.17) is 0 Å². The van der Waals surface area contributed by atoms with E-state index in [1.165, 1.54) is 99.3 Å². The second-order valence-electron chi connectivity index (χ2n) is 22.5. The fourth-order valence-electron chi connectivity index (χ4n) is 13.5. The Morgan fingerprint density at radius 3 is 0.889 bits per heavy atom. The van der Waals surface area contributed by atoms with Gasteiger partial charge in [0.1, 0.15) is 34.5 Å². The normalized spacial score (nSPS) is 17.5. The molecule has 0 amide bonds. The molecule has 380 valence electrons. The summed E-state index contributed by atoms with van der Waals surface area (Å²) in [5.41, 5.74) is 15.4. The molecule has 0 radical (unpaired) electrons. The Labute approximate surface area is 429 Å². The number of benzene rings is 6. The summed E-state index contributed by atoms with van der Waals surface area (Å²) in [6.45, 7) is 8.33. The Hall–Kier alpha value is -5.88. The zero-order valence-corrected chi connectivity index (χ0v) is 43.5. The molecule has 4 saturated carbocycles. The fourth-order valence-corrected chi connectivity index (χ4v) is 13.5. The van der Waals surface area contributed by atoms with Gasteiger partial charge in [0.2, 0.25) is 0 Å². The van der Waals surface area contributed by atoms with Crippen molar-refractivity contribution in [3.05, 3.63) is 175 Å². The van der Waals surface area contributed by atoms with Crippen LogP contribution in [0.25, 0.3) is 0 Å². The molecule has 0 aromatic heterocycles. The van der Waals surface area contributed by atoms with Gasteiger partial charge in [0.15, 0.2) is 0 Å². The second-order valence-corrected chi connectivity index (χ2v) is 22.5. The highest BCUT2D eigenvalue weighted by Crippen LogP contribution is 2.48. The number of hydrogen-bond acceptors (Lipinski definition) is 6. The van der Waals surface area contributed by atoms with Crippen molar-refractivity contribution in [2.45, 2.75) is 192 Å². The van der Waals surface area contributed by atoms with Gasteiger partial charge in [-0.15, -0.1) is 0 Å². The number of hydrogen-bond donors (Lipinski definition) is 6. The van der Waals surface area contributed by atoms with E-state index in [1.54, 1.807) is 18.2 Å². The predicted molar refractivity (Wildman–Crippen MR) is 293 cm³/mol. The van der Waals surface area contributed by atoms with E-state index in [0.29, 0.717) is 46.7 Å². The summed E-state index contributed by atoms with van der Waals surface area (Å²) in [6.07, 6.45) is 23.8. The van der Waals surface area contributed by atoms with Crippen LogP contribution in [-0.4, -0.2) is 30.6 Å². The van der Waals surface area contributed by atoms with E-state index in [1.807, 2.05) is 48.5 Å². The number of aryl methyl sites for hydroxylation is 4. The summed E-state index contributed by atoms with van der Waals surface area (Å²) in [6, 6.07) is 31.9. The first-order valence-electron chi connectivity index (χ1n) is 27.8. The summed E-state index contributed by atoms with van der Waals surface area (Å²) in [4.78, 5) is 0.